The molecule has 4 aromatic rings. The molecule has 5 rings (SSSR count). The molecule has 0 unspecified atom stereocenters. The molecule has 0 aliphatic heterocycles. The highest BCUT2D eigenvalue weighted by atomic mass is 16.5. The van der Waals surface area contributed by atoms with Crippen LogP contribution in [0.15, 0.2) is 42.7 Å². The molecule has 1 aromatic carbocycles. The molecule has 3 heterocycles. The van der Waals surface area contributed by atoms with E-state index in [-0.39, 0.29) is 6.10 Å². The van der Waals surface area contributed by atoms with Gasteiger partial charge in [0, 0.05) is 12.1 Å². The monoisotopic (exact) mass is 391 g/mol. The lowest BCUT2D eigenvalue weighted by atomic mass is 9.93. The summed E-state index contributed by atoms with van der Waals surface area (Å²) in [6.45, 7) is 2.87. The van der Waals surface area contributed by atoms with Crippen molar-refractivity contribution in [3.05, 3.63) is 54.1 Å². The molecule has 1 N–H and O–H groups in total. The van der Waals surface area contributed by atoms with Gasteiger partial charge in [0.15, 0.2) is 11.3 Å². The quantitative estimate of drug-likeness (QED) is 0.535. The van der Waals surface area contributed by atoms with Crippen molar-refractivity contribution in [3.8, 4) is 5.75 Å². The van der Waals surface area contributed by atoms with Crippen LogP contribution in [-0.4, -0.2) is 37.8 Å². The van der Waals surface area contributed by atoms with E-state index in [4.69, 9.17) is 9.47 Å². The predicted octanol–water partition coefficient (Wildman–Crippen LogP) is 4.10. The van der Waals surface area contributed by atoms with E-state index in [9.17, 15) is 0 Å². The molecular formula is C22H25N5O2. The van der Waals surface area contributed by atoms with Gasteiger partial charge in [0.05, 0.1) is 31.5 Å². The van der Waals surface area contributed by atoms with Crippen LogP contribution < -0.4 is 4.74 Å². The second-order valence-electron chi connectivity index (χ2n) is 7.75. The van der Waals surface area contributed by atoms with Crippen LogP contribution in [0, 0.1) is 5.92 Å². The number of ether oxygens (including phenoxy) is 2. The standard InChI is InChI=1S/C22H25N5O2/c1-3-15-10-17(29-13-14-4-6-16(28-2)7-5-14)11-18(15)22-26-25-20-12-24-21-19(27(20)22)8-9-23-21/h4-9,12,15,17-18,23H,3,10-11,13H2,1-2H3/t15-,17+,18+/m1/s1. The minimum Gasteiger partial charge on any atom is -0.497 e. The summed E-state index contributed by atoms with van der Waals surface area (Å²) in [6, 6.07) is 10.1. The highest BCUT2D eigenvalue weighted by Gasteiger charge is 2.37. The van der Waals surface area contributed by atoms with Crippen LogP contribution in [-0.2, 0) is 11.3 Å². The van der Waals surface area contributed by atoms with Crippen LogP contribution in [0.5, 0.6) is 5.75 Å². The Morgan fingerprint density at radius 1 is 1.14 bits per heavy atom. The van der Waals surface area contributed by atoms with Gasteiger partial charge in [0.1, 0.15) is 11.6 Å². The first-order valence-electron chi connectivity index (χ1n) is 10.2. The number of hydrogen-bond acceptors (Lipinski definition) is 5. The third kappa shape index (κ3) is 3.25. The normalized spacial score (nSPS) is 21.9. The summed E-state index contributed by atoms with van der Waals surface area (Å²) in [6.07, 6.45) is 7.03. The van der Waals surface area contributed by atoms with E-state index in [1.165, 1.54) is 0 Å². The third-order valence-electron chi connectivity index (χ3n) is 6.12. The maximum Gasteiger partial charge on any atom is 0.179 e. The van der Waals surface area contributed by atoms with E-state index in [2.05, 4.69) is 43.6 Å². The van der Waals surface area contributed by atoms with Crippen molar-refractivity contribution < 1.29 is 9.47 Å². The number of fused-ring (bicyclic) bond motifs is 3. The van der Waals surface area contributed by atoms with Gasteiger partial charge >= 0.3 is 0 Å². The Morgan fingerprint density at radius 3 is 2.79 bits per heavy atom. The summed E-state index contributed by atoms with van der Waals surface area (Å²) in [4.78, 5) is 7.61. The van der Waals surface area contributed by atoms with Crippen molar-refractivity contribution in [1.82, 2.24) is 24.6 Å². The second kappa shape index (κ2) is 7.48. The van der Waals surface area contributed by atoms with E-state index in [0.29, 0.717) is 18.4 Å². The van der Waals surface area contributed by atoms with Crippen molar-refractivity contribution in [2.75, 3.05) is 7.11 Å². The molecule has 1 aliphatic rings. The molecule has 1 saturated carbocycles. The minimum atomic E-state index is 0.225. The fourth-order valence-electron chi connectivity index (χ4n) is 4.55. The number of nitrogens with zero attached hydrogens (tertiary/aromatic N) is 4. The first-order valence-corrected chi connectivity index (χ1v) is 10.2. The Morgan fingerprint density at radius 2 is 2.00 bits per heavy atom. The number of nitrogens with one attached hydrogen (secondary N) is 1. The lowest BCUT2D eigenvalue weighted by molar-refractivity contribution is 0.0422. The van der Waals surface area contributed by atoms with Crippen LogP contribution in [0.2, 0.25) is 0 Å². The summed E-state index contributed by atoms with van der Waals surface area (Å²) in [5.41, 5.74) is 3.84. The van der Waals surface area contributed by atoms with Gasteiger partial charge in [-0.15, -0.1) is 10.2 Å². The average molecular weight is 391 g/mol. The molecule has 0 saturated heterocycles. The van der Waals surface area contributed by atoms with E-state index < -0.39 is 0 Å². The van der Waals surface area contributed by atoms with Crippen LogP contribution in [0.25, 0.3) is 16.8 Å². The summed E-state index contributed by atoms with van der Waals surface area (Å²) in [5, 5.41) is 8.95. The van der Waals surface area contributed by atoms with Gasteiger partial charge in [0.25, 0.3) is 0 Å². The number of benzene rings is 1. The van der Waals surface area contributed by atoms with Crippen molar-refractivity contribution >= 4 is 16.8 Å². The second-order valence-corrected chi connectivity index (χ2v) is 7.75. The smallest absolute Gasteiger partial charge is 0.179 e. The topological polar surface area (TPSA) is 77.3 Å². The molecular weight excluding hydrogens is 366 g/mol. The SMILES string of the molecule is CC[C@@H]1C[C@H](OCc2ccc(OC)cc2)C[C@@H]1c1nnc2cnc3[nH]ccc3n12. The maximum atomic E-state index is 6.29. The molecule has 150 valence electrons. The molecule has 7 heteroatoms. The van der Waals surface area contributed by atoms with Crippen molar-refractivity contribution in [3.63, 3.8) is 0 Å². The Labute approximate surface area is 169 Å². The summed E-state index contributed by atoms with van der Waals surface area (Å²) >= 11 is 0. The van der Waals surface area contributed by atoms with Gasteiger partial charge in [-0.1, -0.05) is 25.5 Å². The Kier molecular flexibility index (Phi) is 4.67. The number of methoxy groups -OCH3 is 1. The Hall–Kier alpha value is -2.93. The zero-order chi connectivity index (χ0) is 19.8. The van der Waals surface area contributed by atoms with E-state index in [1.54, 1.807) is 13.3 Å². The van der Waals surface area contributed by atoms with Crippen molar-refractivity contribution in [2.24, 2.45) is 5.92 Å². The first-order chi connectivity index (χ1) is 14.3. The van der Waals surface area contributed by atoms with Crippen molar-refractivity contribution in [1.29, 1.82) is 0 Å². The van der Waals surface area contributed by atoms with Crippen LogP contribution in [0.1, 0.15) is 43.5 Å². The van der Waals surface area contributed by atoms with Gasteiger partial charge < -0.3 is 14.5 Å². The average Bonchev–Trinajstić information content (AvgIpc) is 3.48. The summed E-state index contributed by atoms with van der Waals surface area (Å²) in [7, 11) is 1.68. The van der Waals surface area contributed by atoms with Crippen LogP contribution in [0.3, 0.4) is 0 Å². The molecule has 3 atom stereocenters. The van der Waals surface area contributed by atoms with Crippen LogP contribution in [0.4, 0.5) is 0 Å². The van der Waals surface area contributed by atoms with Gasteiger partial charge in [-0.2, -0.15) is 0 Å². The van der Waals surface area contributed by atoms with Crippen molar-refractivity contribution in [2.45, 2.75) is 44.8 Å². The van der Waals surface area contributed by atoms with Crippen LogP contribution >= 0.6 is 0 Å². The summed E-state index contributed by atoms with van der Waals surface area (Å²) < 4.78 is 13.7. The van der Waals surface area contributed by atoms with E-state index >= 15 is 0 Å². The fraction of sp³-hybridized carbons (Fsp3) is 0.409. The molecule has 1 aliphatic carbocycles. The highest BCUT2D eigenvalue weighted by molar-refractivity contribution is 5.74. The molecule has 0 spiro atoms. The number of H-pyrrole nitrogens is 1. The minimum absolute atomic E-state index is 0.225. The van der Waals surface area contributed by atoms with E-state index in [1.807, 2.05) is 24.4 Å². The fourth-order valence-corrected chi connectivity index (χ4v) is 4.55. The lowest BCUT2D eigenvalue weighted by Gasteiger charge is -2.15. The molecule has 7 nitrogen and oxygen atoms in total. The lowest BCUT2D eigenvalue weighted by Crippen LogP contribution is -2.10. The Balaban J connectivity index is 1.37. The molecule has 1 fully saturated rings. The molecule has 3 aromatic heterocycles. The maximum absolute atomic E-state index is 6.29. The van der Waals surface area contributed by atoms with Gasteiger partial charge in [-0.25, -0.2) is 4.98 Å². The number of aromatic nitrogens is 5. The molecule has 29 heavy (non-hydrogen) atoms. The predicted molar refractivity (Wildman–Crippen MR) is 110 cm³/mol. The van der Waals surface area contributed by atoms with Gasteiger partial charge in [-0.05, 0) is 42.5 Å². The highest BCUT2D eigenvalue weighted by Crippen LogP contribution is 2.42. The zero-order valence-corrected chi connectivity index (χ0v) is 16.7. The Bertz CT molecular complexity index is 1120. The van der Waals surface area contributed by atoms with Gasteiger partial charge in [-0.3, -0.25) is 4.40 Å². The molecule has 0 radical (unpaired) electrons. The molecule has 0 bridgehead atoms. The summed E-state index contributed by atoms with van der Waals surface area (Å²) in [5.74, 6) is 2.75. The van der Waals surface area contributed by atoms with Gasteiger partial charge in [0.2, 0.25) is 0 Å². The first kappa shape index (κ1) is 18.1. The third-order valence-corrected chi connectivity index (χ3v) is 6.12. The number of rotatable bonds is 6. The number of aromatic amines is 1. The molecule has 0 amide bonds. The number of hydrogen-bond donors (Lipinski definition) is 1. The van der Waals surface area contributed by atoms with E-state index in [0.717, 1.165) is 53.2 Å². The largest absolute Gasteiger partial charge is 0.497 e. The zero-order valence-electron chi connectivity index (χ0n) is 16.7.